The summed E-state index contributed by atoms with van der Waals surface area (Å²) in [5, 5.41) is 10.7. The van der Waals surface area contributed by atoms with Crippen molar-refractivity contribution in [2.24, 2.45) is 0 Å². The van der Waals surface area contributed by atoms with E-state index < -0.39 is 11.4 Å². The Hall–Kier alpha value is -1.33. The predicted octanol–water partition coefficient (Wildman–Crippen LogP) is 3.96. The number of aromatic nitrogens is 1. The van der Waals surface area contributed by atoms with Gasteiger partial charge in [0.1, 0.15) is 17.2 Å². The van der Waals surface area contributed by atoms with E-state index in [1.54, 1.807) is 6.07 Å². The number of benzene rings is 1. The van der Waals surface area contributed by atoms with Crippen LogP contribution < -0.4 is 0 Å². The second kappa shape index (κ2) is 5.97. The molecule has 0 saturated heterocycles. The summed E-state index contributed by atoms with van der Waals surface area (Å²) in [6.45, 7) is 1.82. The number of halogens is 3. The van der Waals surface area contributed by atoms with Crippen LogP contribution >= 0.6 is 15.9 Å². The van der Waals surface area contributed by atoms with E-state index in [4.69, 9.17) is 0 Å². The summed E-state index contributed by atoms with van der Waals surface area (Å²) in [7, 11) is 0. The van der Waals surface area contributed by atoms with Gasteiger partial charge in [-0.3, -0.25) is 4.98 Å². The van der Waals surface area contributed by atoms with Crippen LogP contribution in [-0.2, 0) is 12.0 Å². The monoisotopic (exact) mass is 341 g/mol. The van der Waals surface area contributed by atoms with Gasteiger partial charge in [-0.15, -0.1) is 0 Å². The third-order valence-electron chi connectivity index (χ3n) is 3.29. The summed E-state index contributed by atoms with van der Waals surface area (Å²) in [4.78, 5) is 3.95. The maximum absolute atomic E-state index is 13.1. The van der Waals surface area contributed by atoms with Gasteiger partial charge >= 0.3 is 0 Å². The second-order valence-corrected chi connectivity index (χ2v) is 5.51. The first-order chi connectivity index (χ1) is 9.44. The number of pyridine rings is 1. The van der Waals surface area contributed by atoms with Crippen molar-refractivity contribution in [3.63, 3.8) is 0 Å². The molecule has 0 saturated carbocycles. The first-order valence-electron chi connectivity index (χ1n) is 6.23. The van der Waals surface area contributed by atoms with Crippen molar-refractivity contribution in [2.75, 3.05) is 0 Å². The molecular weight excluding hydrogens is 328 g/mol. The zero-order valence-corrected chi connectivity index (χ0v) is 12.5. The van der Waals surface area contributed by atoms with Gasteiger partial charge in [-0.2, -0.15) is 0 Å². The highest BCUT2D eigenvalue weighted by Crippen LogP contribution is 2.31. The molecule has 2 rings (SSSR count). The molecule has 0 amide bonds. The largest absolute Gasteiger partial charge is 0.383 e. The van der Waals surface area contributed by atoms with E-state index >= 15 is 0 Å². The van der Waals surface area contributed by atoms with Gasteiger partial charge in [0.15, 0.2) is 0 Å². The number of nitrogens with zero attached hydrogens (tertiary/aromatic N) is 1. The summed E-state index contributed by atoms with van der Waals surface area (Å²) in [6, 6.07) is 7.04. The Morgan fingerprint density at radius 2 is 1.90 bits per heavy atom. The minimum absolute atomic E-state index is 0.267. The lowest BCUT2D eigenvalue weighted by atomic mass is 9.88. The van der Waals surface area contributed by atoms with Gasteiger partial charge in [0, 0.05) is 10.9 Å². The molecule has 20 heavy (non-hydrogen) atoms. The maximum atomic E-state index is 13.1. The van der Waals surface area contributed by atoms with Crippen molar-refractivity contribution in [1.29, 1.82) is 0 Å². The molecule has 1 aromatic carbocycles. The molecule has 1 atom stereocenters. The lowest BCUT2D eigenvalue weighted by molar-refractivity contribution is 0.0280. The Morgan fingerprint density at radius 3 is 2.45 bits per heavy atom. The molecule has 2 nitrogen and oxygen atoms in total. The van der Waals surface area contributed by atoms with E-state index in [2.05, 4.69) is 20.9 Å². The average Bonchev–Trinajstić information content (AvgIpc) is 2.42. The molecule has 1 heterocycles. The molecule has 0 spiro atoms. The fourth-order valence-electron chi connectivity index (χ4n) is 2.03. The predicted molar refractivity (Wildman–Crippen MR) is 76.2 cm³/mol. The summed E-state index contributed by atoms with van der Waals surface area (Å²) in [6.07, 6.45) is 1.76. The van der Waals surface area contributed by atoms with Crippen LogP contribution in [0.1, 0.15) is 24.6 Å². The van der Waals surface area contributed by atoms with Crippen molar-refractivity contribution in [2.45, 2.75) is 25.4 Å². The van der Waals surface area contributed by atoms with Crippen molar-refractivity contribution < 1.29 is 13.9 Å². The van der Waals surface area contributed by atoms with Crippen LogP contribution in [0.5, 0.6) is 0 Å². The molecule has 2 aromatic rings. The summed E-state index contributed by atoms with van der Waals surface area (Å²) in [5.41, 5.74) is -0.0480. The number of rotatable bonds is 4. The van der Waals surface area contributed by atoms with Crippen molar-refractivity contribution in [3.05, 3.63) is 63.9 Å². The third kappa shape index (κ3) is 3.22. The molecule has 0 bridgehead atoms. The topological polar surface area (TPSA) is 33.1 Å². The van der Waals surface area contributed by atoms with Gasteiger partial charge in [-0.25, -0.2) is 8.78 Å². The van der Waals surface area contributed by atoms with Gasteiger partial charge in [0.25, 0.3) is 0 Å². The third-order valence-corrected chi connectivity index (χ3v) is 4.03. The van der Waals surface area contributed by atoms with Crippen LogP contribution in [0.15, 0.2) is 41.0 Å². The van der Waals surface area contributed by atoms with Gasteiger partial charge in [-0.1, -0.05) is 28.9 Å². The molecule has 0 aliphatic rings. The molecule has 5 heteroatoms. The molecule has 0 aliphatic heterocycles. The Bertz CT molecular complexity index is 603. The Morgan fingerprint density at radius 1 is 1.20 bits per heavy atom. The van der Waals surface area contributed by atoms with Crippen LogP contribution in [-0.4, -0.2) is 10.1 Å². The molecule has 106 valence electrons. The van der Waals surface area contributed by atoms with Crippen molar-refractivity contribution >= 4 is 15.9 Å². The SMILES string of the molecule is CCC(O)(Cc1ccc(F)cc1Br)c1ccc(F)cn1. The van der Waals surface area contributed by atoms with E-state index in [-0.39, 0.29) is 12.2 Å². The summed E-state index contributed by atoms with van der Waals surface area (Å²) >= 11 is 3.28. The highest BCUT2D eigenvalue weighted by Gasteiger charge is 2.29. The molecule has 0 aliphatic carbocycles. The van der Waals surface area contributed by atoms with Crippen LogP contribution in [0, 0.1) is 11.6 Å². The van der Waals surface area contributed by atoms with E-state index in [1.807, 2.05) is 6.92 Å². The summed E-state index contributed by atoms with van der Waals surface area (Å²) in [5.74, 6) is -0.796. The minimum atomic E-state index is -1.21. The van der Waals surface area contributed by atoms with E-state index in [0.717, 1.165) is 11.8 Å². The fraction of sp³-hybridized carbons (Fsp3) is 0.267. The van der Waals surface area contributed by atoms with Crippen LogP contribution in [0.2, 0.25) is 0 Å². The standard InChI is InChI=1S/C15H14BrF2NO/c1-2-15(20,14-6-5-12(18)9-19-14)8-10-3-4-11(17)7-13(10)16/h3-7,9,20H,2,8H2,1H3. The molecule has 1 N–H and O–H groups in total. The first-order valence-corrected chi connectivity index (χ1v) is 7.02. The Labute approximate surface area is 124 Å². The second-order valence-electron chi connectivity index (χ2n) is 4.66. The van der Waals surface area contributed by atoms with Gasteiger partial charge in [0.2, 0.25) is 0 Å². The number of aliphatic hydroxyl groups is 1. The molecule has 1 aromatic heterocycles. The first kappa shape index (κ1) is 15.1. The quantitative estimate of drug-likeness (QED) is 0.912. The van der Waals surface area contributed by atoms with Gasteiger partial charge < -0.3 is 5.11 Å². The normalized spacial score (nSPS) is 14.1. The number of hydrogen-bond donors (Lipinski definition) is 1. The van der Waals surface area contributed by atoms with E-state index in [0.29, 0.717) is 16.6 Å². The lowest BCUT2D eigenvalue weighted by Gasteiger charge is -2.26. The Balaban J connectivity index is 2.33. The highest BCUT2D eigenvalue weighted by molar-refractivity contribution is 9.10. The van der Waals surface area contributed by atoms with Crippen LogP contribution in [0.3, 0.4) is 0 Å². The van der Waals surface area contributed by atoms with E-state index in [1.165, 1.54) is 24.3 Å². The molecule has 1 unspecified atom stereocenters. The zero-order valence-electron chi connectivity index (χ0n) is 10.9. The fourth-order valence-corrected chi connectivity index (χ4v) is 2.52. The van der Waals surface area contributed by atoms with Gasteiger partial charge in [-0.05, 0) is 36.2 Å². The van der Waals surface area contributed by atoms with E-state index in [9.17, 15) is 13.9 Å². The van der Waals surface area contributed by atoms with Gasteiger partial charge in [0.05, 0.1) is 11.9 Å². The molecule has 0 radical (unpaired) electrons. The Kier molecular flexibility index (Phi) is 4.50. The number of hydrogen-bond acceptors (Lipinski definition) is 2. The smallest absolute Gasteiger partial charge is 0.141 e. The maximum Gasteiger partial charge on any atom is 0.141 e. The molecular formula is C15H14BrF2NO. The molecule has 0 fully saturated rings. The average molecular weight is 342 g/mol. The van der Waals surface area contributed by atoms with Crippen molar-refractivity contribution in [3.8, 4) is 0 Å². The minimum Gasteiger partial charge on any atom is -0.383 e. The zero-order chi connectivity index (χ0) is 14.8. The van der Waals surface area contributed by atoms with Crippen molar-refractivity contribution in [1.82, 2.24) is 4.98 Å². The lowest BCUT2D eigenvalue weighted by Crippen LogP contribution is -2.29. The highest BCUT2D eigenvalue weighted by atomic mass is 79.9. The van der Waals surface area contributed by atoms with Crippen LogP contribution in [0.4, 0.5) is 8.78 Å². The summed E-state index contributed by atoms with van der Waals surface area (Å²) < 4.78 is 26.6. The van der Waals surface area contributed by atoms with Crippen LogP contribution in [0.25, 0.3) is 0 Å².